The maximum atomic E-state index is 9.96. The number of hydrogen-bond donors (Lipinski definition) is 0. The Morgan fingerprint density at radius 2 is 2.33 bits per heavy atom. The van der Waals surface area contributed by atoms with Crippen LogP contribution in [0.3, 0.4) is 0 Å². The number of carbonyl (C=O) groups excluding carboxylic acids is 1. The van der Waals surface area contributed by atoms with Crippen LogP contribution in [0.25, 0.3) is 0 Å². The summed E-state index contributed by atoms with van der Waals surface area (Å²) in [6.07, 6.45) is 0. The van der Waals surface area contributed by atoms with Gasteiger partial charge in [0.15, 0.2) is 0 Å². The molecule has 1 aromatic carbocycles. The zero-order valence-electron chi connectivity index (χ0n) is 6.96. The van der Waals surface area contributed by atoms with Gasteiger partial charge in [0.1, 0.15) is 6.58 Å². The van der Waals surface area contributed by atoms with Crippen molar-refractivity contribution in [1.29, 1.82) is 0 Å². The summed E-state index contributed by atoms with van der Waals surface area (Å²) < 4.78 is 11.8. The van der Waals surface area contributed by atoms with Gasteiger partial charge in [-0.2, -0.15) is 0 Å². The Balaban J connectivity index is 2.94. The smallest absolute Gasteiger partial charge is 0.293 e. The molecule has 64 valence electrons. The minimum absolute atomic E-state index is 0.211. The quantitative estimate of drug-likeness (QED) is 0.710. The Hall–Kier alpha value is -0.730. The van der Waals surface area contributed by atoms with Crippen LogP contribution in [-0.4, -0.2) is 6.47 Å². The highest BCUT2D eigenvalue weighted by Gasteiger charge is 2.00. The van der Waals surface area contributed by atoms with E-state index in [4.69, 9.17) is 24.6 Å². The second-order valence-electron chi connectivity index (χ2n) is 2.02. The van der Waals surface area contributed by atoms with E-state index in [1.165, 1.54) is 6.07 Å². The van der Waals surface area contributed by atoms with Crippen LogP contribution >= 0.6 is 23.2 Å². The molecule has 12 heavy (non-hydrogen) atoms. The van der Waals surface area contributed by atoms with E-state index in [1.54, 1.807) is 12.1 Å². The number of hydrogen-bond acceptors (Lipinski definition) is 2. The molecule has 1 aromatic rings. The van der Waals surface area contributed by atoms with Gasteiger partial charge in [-0.1, -0.05) is 29.3 Å². The van der Waals surface area contributed by atoms with Gasteiger partial charge in [0.05, 0.1) is 1.37 Å². The molecule has 0 aliphatic carbocycles. The van der Waals surface area contributed by atoms with Crippen LogP contribution in [0.15, 0.2) is 18.2 Å². The lowest BCUT2D eigenvalue weighted by atomic mass is 10.2. The lowest BCUT2D eigenvalue weighted by Gasteiger charge is -2.01. The average Bonchev–Trinajstić information content (AvgIpc) is 2.04. The Labute approximate surface area is 81.4 Å². The van der Waals surface area contributed by atoms with E-state index in [9.17, 15) is 4.79 Å². The molecule has 0 aliphatic rings. The molecular weight excluding hydrogens is 199 g/mol. The van der Waals surface area contributed by atoms with Gasteiger partial charge in [-0.05, 0) is 12.1 Å². The summed E-state index contributed by atoms with van der Waals surface area (Å²) >= 11 is 11.4. The van der Waals surface area contributed by atoms with Crippen LogP contribution in [0.1, 0.15) is 6.93 Å². The van der Waals surface area contributed by atoms with Crippen LogP contribution in [0.4, 0.5) is 0 Å². The van der Waals surface area contributed by atoms with Gasteiger partial charge >= 0.3 is 0 Å². The predicted molar refractivity (Wildman–Crippen MR) is 47.3 cm³/mol. The topological polar surface area (TPSA) is 26.3 Å². The second kappa shape index (κ2) is 4.33. The van der Waals surface area contributed by atoms with Crippen molar-refractivity contribution in [3.63, 3.8) is 0 Å². The number of carbonyl (C=O) groups is 1. The standard InChI is InChI=1S/C8H6Cl2O2/c9-7-2-1-6(4-12-5-11)8(10)3-7/h1-3,5H,4H2/i4D. The third kappa shape index (κ3) is 2.40. The van der Waals surface area contributed by atoms with Gasteiger partial charge in [-0.15, -0.1) is 0 Å². The van der Waals surface area contributed by atoms with Gasteiger partial charge in [0.25, 0.3) is 6.47 Å². The lowest BCUT2D eigenvalue weighted by molar-refractivity contribution is -0.129. The maximum Gasteiger partial charge on any atom is 0.293 e. The molecule has 0 saturated carbocycles. The molecule has 0 fully saturated rings. The lowest BCUT2D eigenvalue weighted by Crippen LogP contribution is -1.90. The summed E-state index contributed by atoms with van der Waals surface area (Å²) in [5, 5.41) is 0.793. The Morgan fingerprint density at radius 1 is 1.58 bits per heavy atom. The first kappa shape index (κ1) is 7.90. The SMILES string of the molecule is [2H]C(OC=O)c1ccc(Cl)cc1Cl. The minimum Gasteiger partial charge on any atom is -0.463 e. The molecule has 0 radical (unpaired) electrons. The third-order valence-electron chi connectivity index (χ3n) is 1.21. The highest BCUT2D eigenvalue weighted by Crippen LogP contribution is 2.21. The van der Waals surface area contributed by atoms with Crippen LogP contribution in [0, 0.1) is 0 Å². The first-order valence-electron chi connectivity index (χ1n) is 3.69. The van der Waals surface area contributed by atoms with Crippen molar-refractivity contribution in [3.8, 4) is 0 Å². The Bertz CT molecular complexity index is 317. The molecule has 0 spiro atoms. The van der Waals surface area contributed by atoms with E-state index in [-0.39, 0.29) is 6.47 Å². The normalized spacial score (nSPS) is 13.3. The highest BCUT2D eigenvalue weighted by molar-refractivity contribution is 6.35. The molecule has 1 rings (SSSR count). The first-order chi connectivity index (χ1) is 6.15. The number of benzene rings is 1. The van der Waals surface area contributed by atoms with E-state index in [2.05, 4.69) is 4.74 Å². The molecule has 0 heterocycles. The highest BCUT2D eigenvalue weighted by atomic mass is 35.5. The molecule has 0 bridgehead atoms. The second-order valence-corrected chi connectivity index (χ2v) is 2.86. The van der Waals surface area contributed by atoms with Gasteiger partial charge in [0.2, 0.25) is 0 Å². The minimum atomic E-state index is -1.10. The number of halogens is 2. The van der Waals surface area contributed by atoms with Crippen LogP contribution in [0.2, 0.25) is 10.0 Å². The van der Waals surface area contributed by atoms with Crippen LogP contribution in [0.5, 0.6) is 0 Å². The largest absolute Gasteiger partial charge is 0.463 e. The molecule has 0 aromatic heterocycles. The van der Waals surface area contributed by atoms with Crippen LogP contribution < -0.4 is 0 Å². The Morgan fingerprint density at radius 3 is 2.92 bits per heavy atom. The molecule has 0 N–H and O–H groups in total. The van der Waals surface area contributed by atoms with E-state index in [0.717, 1.165) is 0 Å². The van der Waals surface area contributed by atoms with Crippen molar-refractivity contribution in [1.82, 2.24) is 0 Å². The monoisotopic (exact) mass is 205 g/mol. The van der Waals surface area contributed by atoms with Gasteiger partial charge < -0.3 is 4.74 Å². The van der Waals surface area contributed by atoms with E-state index in [1.807, 2.05) is 0 Å². The Kier molecular flexibility index (Phi) is 2.85. The van der Waals surface area contributed by atoms with Crippen LogP contribution in [-0.2, 0) is 16.1 Å². The molecule has 4 heteroatoms. The molecule has 0 aliphatic heterocycles. The zero-order chi connectivity index (χ0) is 9.84. The fourth-order valence-electron chi connectivity index (χ4n) is 0.698. The van der Waals surface area contributed by atoms with E-state index < -0.39 is 6.58 Å². The number of rotatable bonds is 3. The van der Waals surface area contributed by atoms with Crippen molar-refractivity contribution in [2.75, 3.05) is 0 Å². The van der Waals surface area contributed by atoms with Crippen molar-refractivity contribution < 1.29 is 10.9 Å². The van der Waals surface area contributed by atoms with Gasteiger partial charge in [0, 0.05) is 15.6 Å². The summed E-state index contributed by atoms with van der Waals surface area (Å²) in [6, 6.07) is 4.62. The van der Waals surface area contributed by atoms with Crippen molar-refractivity contribution in [2.24, 2.45) is 0 Å². The van der Waals surface area contributed by atoms with E-state index >= 15 is 0 Å². The summed E-state index contributed by atoms with van der Waals surface area (Å²) in [5.74, 6) is 0. The predicted octanol–water partition coefficient (Wildman–Crippen LogP) is 2.67. The molecule has 1 atom stereocenters. The maximum absolute atomic E-state index is 9.96. The molecule has 2 nitrogen and oxygen atoms in total. The van der Waals surface area contributed by atoms with E-state index in [0.29, 0.717) is 15.6 Å². The average molecular weight is 206 g/mol. The zero-order valence-corrected chi connectivity index (χ0v) is 7.47. The fourth-order valence-corrected chi connectivity index (χ4v) is 1.15. The molecular formula is C8H6Cl2O2. The molecule has 0 amide bonds. The van der Waals surface area contributed by atoms with Gasteiger partial charge in [-0.3, -0.25) is 4.79 Å². The molecule has 1 unspecified atom stereocenters. The van der Waals surface area contributed by atoms with Gasteiger partial charge in [-0.25, -0.2) is 0 Å². The third-order valence-corrected chi connectivity index (χ3v) is 1.78. The summed E-state index contributed by atoms with van der Waals surface area (Å²) in [6.45, 7) is -0.884. The fraction of sp³-hybridized carbons (Fsp3) is 0.125. The van der Waals surface area contributed by atoms with Crippen molar-refractivity contribution in [3.05, 3.63) is 33.8 Å². The summed E-state index contributed by atoms with van der Waals surface area (Å²) in [5.41, 5.74) is 0.415. The summed E-state index contributed by atoms with van der Waals surface area (Å²) in [4.78, 5) is 9.96. The summed E-state index contributed by atoms with van der Waals surface area (Å²) in [7, 11) is 0. The first-order valence-corrected chi connectivity index (χ1v) is 3.87. The molecule has 0 saturated heterocycles. The van der Waals surface area contributed by atoms with Crippen molar-refractivity contribution in [2.45, 2.75) is 6.58 Å². The van der Waals surface area contributed by atoms with Crippen molar-refractivity contribution >= 4 is 29.7 Å². The number of ether oxygens (including phenoxy) is 1.